The summed E-state index contributed by atoms with van der Waals surface area (Å²) in [6, 6.07) is 3.95. The van der Waals surface area contributed by atoms with Crippen LogP contribution < -0.4 is 5.73 Å². The summed E-state index contributed by atoms with van der Waals surface area (Å²) in [7, 11) is 0. The summed E-state index contributed by atoms with van der Waals surface area (Å²) < 4.78 is 6.22. The van der Waals surface area contributed by atoms with Gasteiger partial charge in [-0.3, -0.25) is 0 Å². The average Bonchev–Trinajstić information content (AvgIpc) is 2.68. The number of halogens is 1. The number of nitrogens with two attached hydrogens (primary N) is 1. The first-order valence-corrected chi connectivity index (χ1v) is 4.56. The molecule has 1 aromatic rings. The number of furan rings is 1. The topological polar surface area (TPSA) is 39.2 Å². The molecule has 0 aliphatic heterocycles. The predicted molar refractivity (Wildman–Crippen MR) is 46.3 cm³/mol. The molecule has 60 valence electrons. The van der Waals surface area contributed by atoms with E-state index in [0.29, 0.717) is 11.8 Å². The fourth-order valence-electron chi connectivity index (χ4n) is 1.38. The molecule has 3 heteroatoms. The first-order valence-electron chi connectivity index (χ1n) is 3.76. The van der Waals surface area contributed by atoms with Crippen molar-refractivity contribution in [3.8, 4) is 0 Å². The SMILES string of the molecule is NCC1CC1c1ccc(Br)o1. The van der Waals surface area contributed by atoms with Gasteiger partial charge in [0.15, 0.2) is 4.67 Å². The molecule has 1 heterocycles. The highest BCUT2D eigenvalue weighted by molar-refractivity contribution is 9.10. The van der Waals surface area contributed by atoms with Crippen LogP contribution in [-0.4, -0.2) is 6.54 Å². The van der Waals surface area contributed by atoms with Crippen LogP contribution in [0.25, 0.3) is 0 Å². The highest BCUT2D eigenvalue weighted by Crippen LogP contribution is 2.47. The standard InChI is InChI=1S/C8H10BrNO/c9-8-2-1-7(11-8)6-3-5(6)4-10/h1-2,5-6H,3-4,10H2. The maximum Gasteiger partial charge on any atom is 0.169 e. The fraction of sp³-hybridized carbons (Fsp3) is 0.500. The Morgan fingerprint density at radius 2 is 2.45 bits per heavy atom. The van der Waals surface area contributed by atoms with Crippen LogP contribution in [0.2, 0.25) is 0 Å². The lowest BCUT2D eigenvalue weighted by Crippen LogP contribution is -2.01. The molecule has 0 bridgehead atoms. The summed E-state index contributed by atoms with van der Waals surface area (Å²) in [5, 5.41) is 0. The third-order valence-electron chi connectivity index (χ3n) is 2.18. The summed E-state index contributed by atoms with van der Waals surface area (Å²) in [6.07, 6.45) is 1.19. The molecule has 0 aromatic carbocycles. The number of hydrogen-bond acceptors (Lipinski definition) is 2. The zero-order chi connectivity index (χ0) is 7.84. The van der Waals surface area contributed by atoms with Crippen LogP contribution in [0.5, 0.6) is 0 Å². The highest BCUT2D eigenvalue weighted by atomic mass is 79.9. The van der Waals surface area contributed by atoms with E-state index < -0.39 is 0 Å². The van der Waals surface area contributed by atoms with Crippen LogP contribution in [0.3, 0.4) is 0 Å². The van der Waals surface area contributed by atoms with Crippen molar-refractivity contribution < 1.29 is 4.42 Å². The first-order chi connectivity index (χ1) is 5.31. The van der Waals surface area contributed by atoms with E-state index in [1.165, 1.54) is 6.42 Å². The van der Waals surface area contributed by atoms with Crippen molar-refractivity contribution >= 4 is 15.9 Å². The Morgan fingerprint density at radius 3 is 2.91 bits per heavy atom. The molecule has 0 radical (unpaired) electrons. The van der Waals surface area contributed by atoms with Crippen molar-refractivity contribution in [2.45, 2.75) is 12.3 Å². The van der Waals surface area contributed by atoms with Crippen molar-refractivity contribution in [1.82, 2.24) is 0 Å². The molecule has 0 spiro atoms. The van der Waals surface area contributed by atoms with Gasteiger partial charge in [-0.25, -0.2) is 0 Å². The second-order valence-electron chi connectivity index (χ2n) is 2.98. The smallest absolute Gasteiger partial charge is 0.169 e. The van der Waals surface area contributed by atoms with Crippen molar-refractivity contribution in [3.63, 3.8) is 0 Å². The van der Waals surface area contributed by atoms with E-state index >= 15 is 0 Å². The van der Waals surface area contributed by atoms with E-state index in [-0.39, 0.29) is 0 Å². The molecule has 1 aliphatic carbocycles. The predicted octanol–water partition coefficient (Wildman–Crippen LogP) is 2.10. The fourth-order valence-corrected chi connectivity index (χ4v) is 1.70. The Morgan fingerprint density at radius 1 is 1.64 bits per heavy atom. The molecule has 11 heavy (non-hydrogen) atoms. The van der Waals surface area contributed by atoms with E-state index in [1.807, 2.05) is 12.1 Å². The van der Waals surface area contributed by atoms with Gasteiger partial charge in [0.2, 0.25) is 0 Å². The monoisotopic (exact) mass is 215 g/mol. The largest absolute Gasteiger partial charge is 0.454 e. The summed E-state index contributed by atoms with van der Waals surface area (Å²) in [5.74, 6) is 2.33. The van der Waals surface area contributed by atoms with Crippen LogP contribution in [0.1, 0.15) is 18.1 Å². The first kappa shape index (κ1) is 7.37. The van der Waals surface area contributed by atoms with Gasteiger partial charge < -0.3 is 10.2 Å². The van der Waals surface area contributed by atoms with E-state index in [0.717, 1.165) is 17.0 Å². The van der Waals surface area contributed by atoms with Crippen LogP contribution >= 0.6 is 15.9 Å². The van der Waals surface area contributed by atoms with Gasteiger partial charge in [-0.15, -0.1) is 0 Å². The maximum absolute atomic E-state index is 5.51. The van der Waals surface area contributed by atoms with E-state index in [2.05, 4.69) is 15.9 Å². The van der Waals surface area contributed by atoms with Crippen molar-refractivity contribution in [1.29, 1.82) is 0 Å². The molecule has 1 aliphatic rings. The number of hydrogen-bond donors (Lipinski definition) is 1. The summed E-state index contributed by atoms with van der Waals surface area (Å²) in [6.45, 7) is 0.781. The van der Waals surface area contributed by atoms with E-state index in [9.17, 15) is 0 Å². The van der Waals surface area contributed by atoms with E-state index in [4.69, 9.17) is 10.2 Å². The Kier molecular flexibility index (Phi) is 1.77. The summed E-state index contributed by atoms with van der Waals surface area (Å²) in [5.41, 5.74) is 5.51. The Hall–Kier alpha value is -0.280. The molecule has 2 atom stereocenters. The lowest BCUT2D eigenvalue weighted by molar-refractivity contribution is 0.483. The molecule has 1 saturated carbocycles. The van der Waals surface area contributed by atoms with Gasteiger partial charge in [0.25, 0.3) is 0 Å². The van der Waals surface area contributed by atoms with Gasteiger partial charge in [-0.2, -0.15) is 0 Å². The average molecular weight is 216 g/mol. The third kappa shape index (κ3) is 1.35. The van der Waals surface area contributed by atoms with Gasteiger partial charge in [-0.05, 0) is 46.9 Å². The molecule has 2 rings (SSSR count). The lowest BCUT2D eigenvalue weighted by Gasteiger charge is -1.90. The minimum absolute atomic E-state index is 0.589. The summed E-state index contributed by atoms with van der Waals surface area (Å²) in [4.78, 5) is 0. The Labute approximate surface area is 73.9 Å². The summed E-state index contributed by atoms with van der Waals surface area (Å²) >= 11 is 3.27. The minimum Gasteiger partial charge on any atom is -0.454 e. The van der Waals surface area contributed by atoms with Gasteiger partial charge in [-0.1, -0.05) is 0 Å². The maximum atomic E-state index is 5.51. The van der Waals surface area contributed by atoms with Gasteiger partial charge in [0.1, 0.15) is 5.76 Å². The quantitative estimate of drug-likeness (QED) is 0.822. The van der Waals surface area contributed by atoms with Crippen molar-refractivity contribution in [3.05, 3.63) is 22.6 Å². The van der Waals surface area contributed by atoms with Crippen LogP contribution in [0.15, 0.2) is 21.2 Å². The molecule has 0 saturated heterocycles. The second-order valence-corrected chi connectivity index (χ2v) is 3.76. The minimum atomic E-state index is 0.589. The molecular formula is C8H10BrNO. The van der Waals surface area contributed by atoms with Crippen LogP contribution in [-0.2, 0) is 0 Å². The second kappa shape index (κ2) is 2.64. The van der Waals surface area contributed by atoms with Crippen molar-refractivity contribution in [2.24, 2.45) is 11.7 Å². The molecule has 1 aromatic heterocycles. The highest BCUT2D eigenvalue weighted by Gasteiger charge is 2.39. The molecule has 0 amide bonds. The van der Waals surface area contributed by atoms with Crippen LogP contribution in [0, 0.1) is 5.92 Å². The van der Waals surface area contributed by atoms with Gasteiger partial charge in [0.05, 0.1) is 0 Å². The van der Waals surface area contributed by atoms with Gasteiger partial charge >= 0.3 is 0 Å². The molecule has 2 unspecified atom stereocenters. The zero-order valence-corrected chi connectivity index (χ0v) is 7.67. The van der Waals surface area contributed by atoms with Crippen LogP contribution in [0.4, 0.5) is 0 Å². The van der Waals surface area contributed by atoms with Crippen molar-refractivity contribution in [2.75, 3.05) is 6.54 Å². The van der Waals surface area contributed by atoms with E-state index in [1.54, 1.807) is 0 Å². The molecule has 1 fully saturated rings. The molecular weight excluding hydrogens is 206 g/mol. The molecule has 2 nitrogen and oxygen atoms in total. The zero-order valence-electron chi connectivity index (χ0n) is 6.09. The lowest BCUT2D eigenvalue weighted by atomic mass is 10.2. The molecule has 2 N–H and O–H groups in total. The third-order valence-corrected chi connectivity index (χ3v) is 2.61. The normalized spacial score (nSPS) is 28.9. The Balaban J connectivity index is 2.08. The van der Waals surface area contributed by atoms with Gasteiger partial charge in [0, 0.05) is 5.92 Å². The Bertz CT molecular complexity index is 258. The number of rotatable bonds is 2.